The topological polar surface area (TPSA) is 12.0 Å². The van der Waals surface area contributed by atoms with E-state index < -0.39 is 0 Å². The second-order valence-electron chi connectivity index (χ2n) is 3.65. The van der Waals surface area contributed by atoms with Crippen molar-refractivity contribution in [2.45, 2.75) is 45.1 Å². The van der Waals surface area contributed by atoms with Gasteiger partial charge in [-0.25, -0.2) is 0 Å². The van der Waals surface area contributed by atoms with Crippen molar-refractivity contribution in [1.82, 2.24) is 5.32 Å². The molecule has 0 aliphatic carbocycles. The lowest BCUT2D eigenvalue weighted by Crippen LogP contribution is -2.31. The maximum Gasteiger partial charge on any atom is 0.0155 e. The highest BCUT2D eigenvalue weighted by Crippen LogP contribution is 2.03. The van der Waals surface area contributed by atoms with Gasteiger partial charge in [0.1, 0.15) is 0 Å². The fourth-order valence-corrected chi connectivity index (χ4v) is 2.17. The fourth-order valence-electron chi connectivity index (χ4n) is 1.42. The van der Waals surface area contributed by atoms with Crippen molar-refractivity contribution in [1.29, 1.82) is 0 Å². The van der Waals surface area contributed by atoms with E-state index in [9.17, 15) is 0 Å². The molecule has 0 saturated heterocycles. The summed E-state index contributed by atoms with van der Waals surface area (Å²) in [5, 5.41) is 3.60. The van der Waals surface area contributed by atoms with Gasteiger partial charge in [-0.3, -0.25) is 0 Å². The molecule has 0 rings (SSSR count). The van der Waals surface area contributed by atoms with Crippen LogP contribution in [0.4, 0.5) is 0 Å². The third-order valence-electron chi connectivity index (χ3n) is 2.38. The number of nitrogens with one attached hydrogen (secondary N) is 1. The minimum atomic E-state index is 0.712. The molecule has 1 nitrogen and oxygen atoms in total. The van der Waals surface area contributed by atoms with Crippen LogP contribution in [0.5, 0.6) is 0 Å². The van der Waals surface area contributed by atoms with Gasteiger partial charge in [0.15, 0.2) is 0 Å². The van der Waals surface area contributed by atoms with Crippen molar-refractivity contribution in [2.24, 2.45) is 0 Å². The lowest BCUT2D eigenvalue weighted by atomic mass is 10.2. The Kier molecular flexibility index (Phi) is 11.2. The summed E-state index contributed by atoms with van der Waals surface area (Å²) in [6, 6.07) is 0.712. The number of rotatable bonds is 10. The summed E-state index contributed by atoms with van der Waals surface area (Å²) in [5.41, 5.74) is 0. The van der Waals surface area contributed by atoms with Gasteiger partial charge in [-0.2, -0.15) is 11.8 Å². The molecule has 0 heterocycles. The molecule has 1 atom stereocenters. The Balaban J connectivity index is 3.19. The lowest BCUT2D eigenvalue weighted by molar-refractivity contribution is 0.517. The van der Waals surface area contributed by atoms with E-state index in [1.54, 1.807) is 0 Å². The zero-order valence-electron chi connectivity index (χ0n) is 9.72. The van der Waals surface area contributed by atoms with Gasteiger partial charge in [-0.15, -0.1) is 6.58 Å². The van der Waals surface area contributed by atoms with Gasteiger partial charge >= 0.3 is 0 Å². The van der Waals surface area contributed by atoms with Crippen LogP contribution in [-0.4, -0.2) is 24.6 Å². The molecule has 0 aromatic rings. The standard InChI is InChI=1S/C12H25NS/c1-4-6-7-8-9-10-13-12(5-2)11-14-3/h4,12-13H,1,5-11H2,2-3H3. The number of hydrogen-bond acceptors (Lipinski definition) is 2. The quantitative estimate of drug-likeness (QED) is 0.442. The molecule has 0 fully saturated rings. The van der Waals surface area contributed by atoms with E-state index in [0.717, 1.165) is 0 Å². The predicted molar refractivity (Wildman–Crippen MR) is 69.1 cm³/mol. The highest BCUT2D eigenvalue weighted by molar-refractivity contribution is 7.98. The monoisotopic (exact) mass is 215 g/mol. The summed E-state index contributed by atoms with van der Waals surface area (Å²) < 4.78 is 0. The van der Waals surface area contributed by atoms with Crippen LogP contribution in [0.15, 0.2) is 12.7 Å². The number of thioether (sulfide) groups is 1. The predicted octanol–water partition coefficient (Wildman–Crippen LogP) is 3.46. The van der Waals surface area contributed by atoms with Crippen LogP contribution in [0.2, 0.25) is 0 Å². The number of hydrogen-bond donors (Lipinski definition) is 1. The van der Waals surface area contributed by atoms with Crippen LogP contribution < -0.4 is 5.32 Å². The Hall–Kier alpha value is 0.0500. The molecule has 14 heavy (non-hydrogen) atoms. The van der Waals surface area contributed by atoms with Crippen molar-refractivity contribution in [3.8, 4) is 0 Å². The van der Waals surface area contributed by atoms with E-state index in [2.05, 4.69) is 25.1 Å². The first-order valence-corrected chi connectivity index (χ1v) is 7.07. The first-order valence-electron chi connectivity index (χ1n) is 5.68. The second kappa shape index (κ2) is 11.1. The maximum absolute atomic E-state index is 3.73. The molecule has 2 heteroatoms. The Bertz CT molecular complexity index is 125. The minimum Gasteiger partial charge on any atom is -0.313 e. The maximum atomic E-state index is 3.73. The summed E-state index contributed by atoms with van der Waals surface area (Å²) in [6.45, 7) is 7.16. The molecule has 0 bridgehead atoms. The Morgan fingerprint density at radius 2 is 2.14 bits per heavy atom. The highest BCUT2D eigenvalue weighted by atomic mass is 32.2. The Morgan fingerprint density at radius 1 is 1.36 bits per heavy atom. The summed E-state index contributed by atoms with van der Waals surface area (Å²) in [4.78, 5) is 0. The van der Waals surface area contributed by atoms with Crippen molar-refractivity contribution >= 4 is 11.8 Å². The van der Waals surface area contributed by atoms with Crippen molar-refractivity contribution < 1.29 is 0 Å². The molecule has 0 radical (unpaired) electrons. The van der Waals surface area contributed by atoms with E-state index >= 15 is 0 Å². The van der Waals surface area contributed by atoms with Crippen molar-refractivity contribution in [3.63, 3.8) is 0 Å². The van der Waals surface area contributed by atoms with Crippen LogP contribution >= 0.6 is 11.8 Å². The molecule has 1 unspecified atom stereocenters. The smallest absolute Gasteiger partial charge is 0.0155 e. The molecule has 0 aromatic carbocycles. The van der Waals surface area contributed by atoms with Gasteiger partial charge in [-0.1, -0.05) is 19.4 Å². The molecular weight excluding hydrogens is 190 g/mol. The first-order chi connectivity index (χ1) is 6.85. The van der Waals surface area contributed by atoms with Crippen LogP contribution in [0.25, 0.3) is 0 Å². The SMILES string of the molecule is C=CCCCCCNC(CC)CSC. The van der Waals surface area contributed by atoms with Crippen molar-refractivity contribution in [2.75, 3.05) is 18.6 Å². The number of unbranched alkanes of at least 4 members (excludes halogenated alkanes) is 3. The Labute approximate surface area is 93.7 Å². The van der Waals surface area contributed by atoms with E-state index in [-0.39, 0.29) is 0 Å². The van der Waals surface area contributed by atoms with Gasteiger partial charge in [0, 0.05) is 11.8 Å². The molecule has 0 aliphatic heterocycles. The average Bonchev–Trinajstić information content (AvgIpc) is 2.21. The Morgan fingerprint density at radius 3 is 2.71 bits per heavy atom. The molecule has 0 amide bonds. The summed E-state index contributed by atoms with van der Waals surface area (Å²) in [6.07, 6.45) is 10.5. The molecular formula is C12H25NS. The highest BCUT2D eigenvalue weighted by Gasteiger charge is 2.02. The summed E-state index contributed by atoms with van der Waals surface area (Å²) >= 11 is 1.93. The molecule has 84 valence electrons. The van der Waals surface area contributed by atoms with E-state index in [1.165, 1.54) is 44.4 Å². The van der Waals surface area contributed by atoms with Gasteiger partial charge in [-0.05, 0) is 38.5 Å². The minimum absolute atomic E-state index is 0.712. The van der Waals surface area contributed by atoms with Crippen LogP contribution in [0, 0.1) is 0 Å². The molecule has 0 spiro atoms. The molecule has 0 aromatic heterocycles. The third-order valence-corrected chi connectivity index (χ3v) is 3.11. The van der Waals surface area contributed by atoms with Crippen LogP contribution in [-0.2, 0) is 0 Å². The summed E-state index contributed by atoms with van der Waals surface area (Å²) in [7, 11) is 0. The largest absolute Gasteiger partial charge is 0.313 e. The van der Waals surface area contributed by atoms with Gasteiger partial charge < -0.3 is 5.32 Å². The lowest BCUT2D eigenvalue weighted by Gasteiger charge is -2.15. The molecule has 1 N–H and O–H groups in total. The number of allylic oxidation sites excluding steroid dienone is 1. The van der Waals surface area contributed by atoms with Crippen molar-refractivity contribution in [3.05, 3.63) is 12.7 Å². The normalized spacial score (nSPS) is 12.7. The van der Waals surface area contributed by atoms with Crippen LogP contribution in [0.1, 0.15) is 39.0 Å². The zero-order chi connectivity index (χ0) is 10.6. The van der Waals surface area contributed by atoms with E-state index in [4.69, 9.17) is 0 Å². The first kappa shape index (κ1) is 14.1. The van der Waals surface area contributed by atoms with E-state index in [1.807, 2.05) is 17.8 Å². The zero-order valence-corrected chi connectivity index (χ0v) is 10.5. The molecule has 0 aliphatic rings. The third kappa shape index (κ3) is 8.64. The fraction of sp³-hybridized carbons (Fsp3) is 0.833. The summed E-state index contributed by atoms with van der Waals surface area (Å²) in [5.74, 6) is 1.24. The van der Waals surface area contributed by atoms with Gasteiger partial charge in [0.05, 0.1) is 0 Å². The van der Waals surface area contributed by atoms with Gasteiger partial charge in [0.2, 0.25) is 0 Å². The average molecular weight is 215 g/mol. The van der Waals surface area contributed by atoms with E-state index in [0.29, 0.717) is 6.04 Å². The van der Waals surface area contributed by atoms with Gasteiger partial charge in [0.25, 0.3) is 0 Å². The second-order valence-corrected chi connectivity index (χ2v) is 4.56. The van der Waals surface area contributed by atoms with Crippen LogP contribution in [0.3, 0.4) is 0 Å². The molecule has 0 saturated carbocycles.